The summed E-state index contributed by atoms with van der Waals surface area (Å²) in [7, 11) is 0. The highest BCUT2D eigenvalue weighted by Gasteiger charge is 2.00. The number of nitrogens with zero attached hydrogens (tertiary/aromatic N) is 1. The molecule has 0 aromatic heterocycles. The number of aliphatic imine (C=N–C) groups is 1. The Morgan fingerprint density at radius 2 is 1.84 bits per heavy atom. The Hall–Kier alpha value is -2.04. The number of benzene rings is 1. The van der Waals surface area contributed by atoms with Crippen LogP contribution in [-0.2, 0) is 11.2 Å². The van der Waals surface area contributed by atoms with E-state index in [0.29, 0.717) is 0 Å². The maximum absolute atomic E-state index is 11.0. The van der Waals surface area contributed by atoms with Gasteiger partial charge in [0.05, 0.1) is 0 Å². The van der Waals surface area contributed by atoms with E-state index in [-0.39, 0.29) is 5.91 Å². The van der Waals surface area contributed by atoms with Crippen molar-refractivity contribution in [1.29, 1.82) is 0 Å². The zero-order chi connectivity index (χ0) is 18.5. The van der Waals surface area contributed by atoms with Gasteiger partial charge in [0.15, 0.2) is 5.96 Å². The molecule has 0 spiro atoms. The lowest BCUT2D eigenvalue weighted by Crippen LogP contribution is -2.38. The Bertz CT molecular complexity index is 523. The van der Waals surface area contributed by atoms with Gasteiger partial charge in [-0.05, 0) is 43.4 Å². The molecular formula is C20H34N4O. The fourth-order valence-corrected chi connectivity index (χ4v) is 2.48. The molecule has 3 N–H and O–H groups in total. The third-order valence-corrected chi connectivity index (χ3v) is 3.78. The van der Waals surface area contributed by atoms with Gasteiger partial charge in [-0.25, -0.2) is 0 Å². The van der Waals surface area contributed by atoms with Crippen molar-refractivity contribution >= 4 is 17.6 Å². The number of carbonyl (C=O) groups excluding carboxylic acids is 1. The molecule has 0 aliphatic carbocycles. The second-order valence-corrected chi connectivity index (χ2v) is 6.71. The molecular weight excluding hydrogens is 312 g/mol. The largest absolute Gasteiger partial charge is 0.357 e. The van der Waals surface area contributed by atoms with Crippen molar-refractivity contribution in [2.45, 2.75) is 53.4 Å². The van der Waals surface area contributed by atoms with E-state index in [1.54, 1.807) is 0 Å². The summed E-state index contributed by atoms with van der Waals surface area (Å²) in [6.07, 6.45) is 4.56. The summed E-state index contributed by atoms with van der Waals surface area (Å²) in [5.74, 6) is 1.61. The van der Waals surface area contributed by atoms with Crippen LogP contribution in [0.5, 0.6) is 0 Å². The predicted octanol–water partition coefficient (Wildman–Crippen LogP) is 3.57. The van der Waals surface area contributed by atoms with Gasteiger partial charge in [0.2, 0.25) is 5.91 Å². The number of hydrogen-bond donors (Lipinski definition) is 3. The molecule has 0 fully saturated rings. The maximum atomic E-state index is 11.0. The van der Waals surface area contributed by atoms with Gasteiger partial charge in [-0.15, -0.1) is 0 Å². The molecule has 1 amide bonds. The van der Waals surface area contributed by atoms with E-state index in [9.17, 15) is 4.79 Å². The minimum Gasteiger partial charge on any atom is -0.357 e. The molecule has 1 aromatic rings. The van der Waals surface area contributed by atoms with Crippen molar-refractivity contribution < 1.29 is 4.79 Å². The van der Waals surface area contributed by atoms with Crippen molar-refractivity contribution in [2.75, 3.05) is 25.0 Å². The number of unbranched alkanes of at least 4 members (excludes halogenated alkanes) is 1. The molecule has 5 nitrogen and oxygen atoms in total. The zero-order valence-electron chi connectivity index (χ0n) is 16.2. The maximum Gasteiger partial charge on any atom is 0.221 e. The van der Waals surface area contributed by atoms with E-state index >= 15 is 0 Å². The van der Waals surface area contributed by atoms with Crippen LogP contribution in [0.2, 0.25) is 0 Å². The van der Waals surface area contributed by atoms with Gasteiger partial charge in [-0.2, -0.15) is 0 Å². The van der Waals surface area contributed by atoms with Crippen molar-refractivity contribution in [3.8, 4) is 0 Å². The van der Waals surface area contributed by atoms with Crippen LogP contribution in [0.1, 0.15) is 52.5 Å². The van der Waals surface area contributed by atoms with E-state index in [2.05, 4.69) is 41.7 Å². The Labute approximate surface area is 152 Å². The van der Waals surface area contributed by atoms with Gasteiger partial charge in [-0.3, -0.25) is 9.79 Å². The molecule has 0 bridgehead atoms. The summed E-state index contributed by atoms with van der Waals surface area (Å²) in [6.45, 7) is 10.7. The van der Waals surface area contributed by atoms with Gasteiger partial charge in [0.1, 0.15) is 0 Å². The van der Waals surface area contributed by atoms with Crippen LogP contribution in [-0.4, -0.2) is 31.5 Å². The second kappa shape index (κ2) is 12.3. The lowest BCUT2D eigenvalue weighted by Gasteiger charge is -2.12. The lowest BCUT2D eigenvalue weighted by molar-refractivity contribution is -0.114. The van der Waals surface area contributed by atoms with E-state index in [1.165, 1.54) is 25.3 Å². The summed E-state index contributed by atoms with van der Waals surface area (Å²) in [4.78, 5) is 15.7. The molecule has 0 saturated heterocycles. The Balaban J connectivity index is 2.35. The molecule has 25 heavy (non-hydrogen) atoms. The van der Waals surface area contributed by atoms with E-state index in [1.807, 2.05) is 24.3 Å². The Morgan fingerprint density at radius 1 is 1.12 bits per heavy atom. The summed E-state index contributed by atoms with van der Waals surface area (Å²) in [5, 5.41) is 9.46. The minimum atomic E-state index is -0.0469. The molecule has 0 heterocycles. The quantitative estimate of drug-likeness (QED) is 0.345. The normalized spacial score (nSPS) is 11.5. The highest BCUT2D eigenvalue weighted by Crippen LogP contribution is 2.09. The topological polar surface area (TPSA) is 65.5 Å². The van der Waals surface area contributed by atoms with Crippen LogP contribution in [0.25, 0.3) is 0 Å². The lowest BCUT2D eigenvalue weighted by atomic mass is 10.1. The van der Waals surface area contributed by atoms with Gasteiger partial charge in [-0.1, -0.05) is 38.8 Å². The first-order valence-electron chi connectivity index (χ1n) is 9.40. The van der Waals surface area contributed by atoms with Gasteiger partial charge >= 0.3 is 0 Å². The van der Waals surface area contributed by atoms with Crippen molar-refractivity contribution in [1.82, 2.24) is 10.6 Å². The zero-order valence-corrected chi connectivity index (χ0v) is 16.2. The third-order valence-electron chi connectivity index (χ3n) is 3.78. The number of nitrogens with one attached hydrogen (secondary N) is 3. The molecule has 0 saturated carbocycles. The molecule has 140 valence electrons. The summed E-state index contributed by atoms with van der Waals surface area (Å²) >= 11 is 0. The average Bonchev–Trinajstić information content (AvgIpc) is 2.55. The molecule has 1 aromatic carbocycles. The third kappa shape index (κ3) is 10.4. The fourth-order valence-electron chi connectivity index (χ4n) is 2.48. The first kappa shape index (κ1) is 21.0. The van der Waals surface area contributed by atoms with Gasteiger partial charge in [0, 0.05) is 32.2 Å². The Morgan fingerprint density at radius 3 is 2.44 bits per heavy atom. The predicted molar refractivity (Wildman–Crippen MR) is 107 cm³/mol. The SMILES string of the molecule is CCNC(=NCCCCC(C)C)NCCc1ccc(NC(C)=O)cc1. The number of anilines is 1. The summed E-state index contributed by atoms with van der Waals surface area (Å²) in [6, 6.07) is 7.96. The summed E-state index contributed by atoms with van der Waals surface area (Å²) < 4.78 is 0. The van der Waals surface area contributed by atoms with Crippen molar-refractivity contribution in [3.05, 3.63) is 29.8 Å². The average molecular weight is 347 g/mol. The van der Waals surface area contributed by atoms with Crippen molar-refractivity contribution in [3.63, 3.8) is 0 Å². The number of guanidine groups is 1. The number of carbonyl (C=O) groups is 1. The van der Waals surface area contributed by atoms with E-state index in [0.717, 1.165) is 50.0 Å². The van der Waals surface area contributed by atoms with E-state index < -0.39 is 0 Å². The van der Waals surface area contributed by atoms with Crippen LogP contribution >= 0.6 is 0 Å². The summed E-state index contributed by atoms with van der Waals surface area (Å²) in [5.41, 5.74) is 2.06. The molecule has 5 heteroatoms. The molecule has 0 aliphatic rings. The fraction of sp³-hybridized carbons (Fsp3) is 0.600. The van der Waals surface area contributed by atoms with Crippen LogP contribution in [0, 0.1) is 5.92 Å². The molecule has 0 unspecified atom stereocenters. The number of amides is 1. The van der Waals surface area contributed by atoms with E-state index in [4.69, 9.17) is 0 Å². The smallest absolute Gasteiger partial charge is 0.221 e. The second-order valence-electron chi connectivity index (χ2n) is 6.71. The Kier molecular flexibility index (Phi) is 10.4. The van der Waals surface area contributed by atoms with Crippen LogP contribution in [0.4, 0.5) is 5.69 Å². The van der Waals surface area contributed by atoms with Crippen LogP contribution in [0.3, 0.4) is 0 Å². The van der Waals surface area contributed by atoms with Gasteiger partial charge < -0.3 is 16.0 Å². The first-order chi connectivity index (χ1) is 12.0. The number of hydrogen-bond acceptors (Lipinski definition) is 2. The standard InChI is InChI=1S/C20H34N4O/c1-5-21-20(22-14-7-6-8-16(2)3)23-15-13-18-9-11-19(12-10-18)24-17(4)25/h9-12,16H,5-8,13-15H2,1-4H3,(H,24,25)(H2,21,22,23). The molecule has 1 rings (SSSR count). The van der Waals surface area contributed by atoms with Crippen molar-refractivity contribution in [2.24, 2.45) is 10.9 Å². The monoisotopic (exact) mass is 346 g/mol. The molecule has 0 radical (unpaired) electrons. The highest BCUT2D eigenvalue weighted by molar-refractivity contribution is 5.88. The molecule has 0 aliphatic heterocycles. The van der Waals surface area contributed by atoms with Crippen LogP contribution < -0.4 is 16.0 Å². The minimum absolute atomic E-state index is 0.0469. The van der Waals surface area contributed by atoms with Crippen LogP contribution in [0.15, 0.2) is 29.3 Å². The highest BCUT2D eigenvalue weighted by atomic mass is 16.1. The molecule has 0 atom stereocenters. The van der Waals surface area contributed by atoms with Gasteiger partial charge in [0.25, 0.3) is 0 Å². The first-order valence-corrected chi connectivity index (χ1v) is 9.40. The number of rotatable bonds is 10.